The smallest absolute Gasteiger partial charge is 0.335 e. The summed E-state index contributed by atoms with van der Waals surface area (Å²) in [7, 11) is 0. The molecule has 2 aromatic carbocycles. The van der Waals surface area contributed by atoms with Crippen molar-refractivity contribution in [1.82, 2.24) is 9.97 Å². The van der Waals surface area contributed by atoms with Crippen LogP contribution in [0.5, 0.6) is 0 Å². The maximum atomic E-state index is 11.1. The van der Waals surface area contributed by atoms with Crippen molar-refractivity contribution in [2.75, 3.05) is 0 Å². The molecule has 0 bridgehead atoms. The fraction of sp³-hybridized carbons (Fsp3) is 0.105. The molecule has 24 heavy (non-hydrogen) atoms. The van der Waals surface area contributed by atoms with Gasteiger partial charge in [-0.15, -0.1) is 0 Å². The zero-order valence-electron chi connectivity index (χ0n) is 13.4. The molecule has 0 unspecified atom stereocenters. The van der Waals surface area contributed by atoms with Gasteiger partial charge in [0.15, 0.2) is 5.82 Å². The van der Waals surface area contributed by atoms with Gasteiger partial charge in [0.1, 0.15) is 0 Å². The molecule has 3 rings (SSSR count). The van der Waals surface area contributed by atoms with Gasteiger partial charge in [0, 0.05) is 21.8 Å². The number of benzene rings is 2. The van der Waals surface area contributed by atoms with E-state index in [1.54, 1.807) is 30.5 Å². The van der Waals surface area contributed by atoms with E-state index in [0.717, 1.165) is 15.7 Å². The Bertz CT molecular complexity index is 833. The Kier molecular flexibility index (Phi) is 6.21. The molecule has 0 spiro atoms. The van der Waals surface area contributed by atoms with Crippen LogP contribution in [0.1, 0.15) is 24.2 Å². The van der Waals surface area contributed by atoms with Crippen LogP contribution in [0.4, 0.5) is 0 Å². The van der Waals surface area contributed by atoms with Crippen LogP contribution in [0.2, 0.25) is 0 Å². The van der Waals surface area contributed by atoms with Gasteiger partial charge < -0.3 is 5.11 Å². The lowest BCUT2D eigenvalue weighted by molar-refractivity contribution is 0.0697. The van der Waals surface area contributed by atoms with E-state index in [1.807, 2.05) is 44.2 Å². The van der Waals surface area contributed by atoms with E-state index in [2.05, 4.69) is 25.9 Å². The maximum Gasteiger partial charge on any atom is 0.335 e. The first-order valence-electron chi connectivity index (χ1n) is 7.56. The van der Waals surface area contributed by atoms with Gasteiger partial charge in [-0.1, -0.05) is 54.0 Å². The zero-order valence-corrected chi connectivity index (χ0v) is 15.0. The topological polar surface area (TPSA) is 63.1 Å². The second-order valence-electron chi connectivity index (χ2n) is 4.66. The number of aromatic nitrogens is 2. The number of hydrogen-bond acceptors (Lipinski definition) is 3. The Labute approximate surface area is 149 Å². The summed E-state index contributed by atoms with van der Waals surface area (Å²) in [5, 5.41) is 9.07. The van der Waals surface area contributed by atoms with E-state index in [4.69, 9.17) is 5.11 Å². The van der Waals surface area contributed by atoms with Crippen LogP contribution in [-0.2, 0) is 0 Å². The first kappa shape index (κ1) is 17.8. The molecule has 0 aliphatic carbocycles. The van der Waals surface area contributed by atoms with Gasteiger partial charge in [0.05, 0.1) is 11.3 Å². The van der Waals surface area contributed by atoms with Crippen LogP contribution in [0, 0.1) is 0 Å². The molecule has 1 N–H and O–H groups in total. The van der Waals surface area contributed by atoms with Crippen molar-refractivity contribution >= 4 is 21.9 Å². The molecule has 0 radical (unpaired) electrons. The van der Waals surface area contributed by atoms with E-state index in [0.29, 0.717) is 11.4 Å². The van der Waals surface area contributed by atoms with E-state index < -0.39 is 5.97 Å². The van der Waals surface area contributed by atoms with Crippen molar-refractivity contribution in [2.24, 2.45) is 0 Å². The summed E-state index contributed by atoms with van der Waals surface area (Å²) >= 11 is 3.40. The Morgan fingerprint density at radius 2 is 1.71 bits per heavy atom. The average Bonchev–Trinajstić information content (AvgIpc) is 2.64. The number of aromatic carboxylic acids is 1. The second kappa shape index (κ2) is 8.36. The third kappa shape index (κ3) is 4.26. The SMILES string of the molecule is CC.O=C(O)c1cccc(-c2nccc(-c3ccc(Br)cc3)n2)c1. The summed E-state index contributed by atoms with van der Waals surface area (Å²) in [6, 6.07) is 16.3. The highest BCUT2D eigenvalue weighted by Crippen LogP contribution is 2.23. The molecule has 4 nitrogen and oxygen atoms in total. The quantitative estimate of drug-likeness (QED) is 0.665. The first-order valence-corrected chi connectivity index (χ1v) is 8.35. The number of nitrogens with zero attached hydrogens (tertiary/aromatic N) is 2. The molecule has 5 heteroatoms. The highest BCUT2D eigenvalue weighted by molar-refractivity contribution is 9.10. The molecule has 0 aliphatic rings. The van der Waals surface area contributed by atoms with Gasteiger partial charge in [0.2, 0.25) is 0 Å². The molecule has 0 saturated carbocycles. The van der Waals surface area contributed by atoms with Gasteiger partial charge >= 0.3 is 5.97 Å². The summed E-state index contributed by atoms with van der Waals surface area (Å²) in [6.07, 6.45) is 1.67. The lowest BCUT2D eigenvalue weighted by Gasteiger charge is -2.05. The monoisotopic (exact) mass is 384 g/mol. The van der Waals surface area contributed by atoms with Crippen LogP contribution >= 0.6 is 15.9 Å². The van der Waals surface area contributed by atoms with E-state index in [1.165, 1.54) is 0 Å². The highest BCUT2D eigenvalue weighted by atomic mass is 79.9. The number of carbonyl (C=O) groups is 1. The Balaban J connectivity index is 0.00000100. The largest absolute Gasteiger partial charge is 0.478 e. The van der Waals surface area contributed by atoms with Crippen LogP contribution < -0.4 is 0 Å². The minimum atomic E-state index is -0.967. The molecule has 0 amide bonds. The summed E-state index contributed by atoms with van der Waals surface area (Å²) in [5.41, 5.74) is 2.66. The third-order valence-electron chi connectivity index (χ3n) is 3.16. The number of rotatable bonds is 3. The summed E-state index contributed by atoms with van der Waals surface area (Å²) in [6.45, 7) is 4.00. The molecule has 0 saturated heterocycles. The number of halogens is 1. The van der Waals surface area contributed by atoms with Gasteiger partial charge in [0.25, 0.3) is 0 Å². The van der Waals surface area contributed by atoms with Crippen molar-refractivity contribution in [1.29, 1.82) is 0 Å². The number of carboxylic acids is 1. The van der Waals surface area contributed by atoms with Crippen molar-refractivity contribution < 1.29 is 9.90 Å². The summed E-state index contributed by atoms with van der Waals surface area (Å²) < 4.78 is 1.000. The summed E-state index contributed by atoms with van der Waals surface area (Å²) in [4.78, 5) is 19.8. The Morgan fingerprint density at radius 1 is 1.00 bits per heavy atom. The lowest BCUT2D eigenvalue weighted by Crippen LogP contribution is -1.97. The summed E-state index contributed by atoms with van der Waals surface area (Å²) in [5.74, 6) is -0.463. The molecule has 0 aliphatic heterocycles. The van der Waals surface area contributed by atoms with Crippen molar-refractivity contribution in [3.8, 4) is 22.6 Å². The van der Waals surface area contributed by atoms with Crippen LogP contribution in [0.3, 0.4) is 0 Å². The molecule has 0 atom stereocenters. The minimum Gasteiger partial charge on any atom is -0.478 e. The van der Waals surface area contributed by atoms with E-state index in [9.17, 15) is 4.79 Å². The maximum absolute atomic E-state index is 11.1. The van der Waals surface area contributed by atoms with E-state index >= 15 is 0 Å². The highest BCUT2D eigenvalue weighted by Gasteiger charge is 2.08. The number of carboxylic acid groups (broad SMARTS) is 1. The van der Waals surface area contributed by atoms with Gasteiger partial charge in [-0.3, -0.25) is 0 Å². The molecular formula is C19H17BrN2O2. The van der Waals surface area contributed by atoms with E-state index in [-0.39, 0.29) is 5.56 Å². The first-order chi connectivity index (χ1) is 11.6. The normalized spacial score (nSPS) is 9.79. The number of hydrogen-bond donors (Lipinski definition) is 1. The zero-order chi connectivity index (χ0) is 17.5. The lowest BCUT2D eigenvalue weighted by atomic mass is 10.1. The fourth-order valence-electron chi connectivity index (χ4n) is 2.07. The predicted octanol–water partition coefficient (Wildman–Crippen LogP) is 5.30. The molecule has 122 valence electrons. The molecular weight excluding hydrogens is 368 g/mol. The average molecular weight is 385 g/mol. The van der Waals surface area contributed by atoms with Crippen LogP contribution in [0.15, 0.2) is 65.3 Å². The Morgan fingerprint density at radius 3 is 2.38 bits per heavy atom. The van der Waals surface area contributed by atoms with Crippen LogP contribution in [-0.4, -0.2) is 21.0 Å². The molecule has 3 aromatic rings. The van der Waals surface area contributed by atoms with Crippen molar-refractivity contribution in [3.05, 3.63) is 70.8 Å². The molecule has 1 heterocycles. The molecule has 0 fully saturated rings. The van der Waals surface area contributed by atoms with Crippen LogP contribution in [0.25, 0.3) is 22.6 Å². The van der Waals surface area contributed by atoms with Crippen molar-refractivity contribution in [3.63, 3.8) is 0 Å². The van der Waals surface area contributed by atoms with Gasteiger partial charge in [-0.25, -0.2) is 14.8 Å². The Hall–Kier alpha value is -2.53. The standard InChI is InChI=1S/C17H11BrN2O2.C2H6/c18-14-6-4-11(5-7-14)15-8-9-19-16(20-15)12-2-1-3-13(10-12)17(21)22;1-2/h1-10H,(H,21,22);1-2H3. The fourth-order valence-corrected chi connectivity index (χ4v) is 2.33. The minimum absolute atomic E-state index is 0.218. The third-order valence-corrected chi connectivity index (χ3v) is 3.69. The second-order valence-corrected chi connectivity index (χ2v) is 5.57. The molecule has 1 aromatic heterocycles. The van der Waals surface area contributed by atoms with Crippen molar-refractivity contribution in [2.45, 2.75) is 13.8 Å². The van der Waals surface area contributed by atoms with Gasteiger partial charge in [-0.05, 0) is 30.3 Å². The van der Waals surface area contributed by atoms with Gasteiger partial charge in [-0.2, -0.15) is 0 Å². The predicted molar refractivity (Wildman–Crippen MR) is 98.9 cm³/mol.